The molecule has 0 unspecified atom stereocenters. The lowest BCUT2D eigenvalue weighted by atomic mass is 10.4. The van der Waals surface area contributed by atoms with Gasteiger partial charge in [-0.25, -0.2) is 0 Å². The van der Waals surface area contributed by atoms with E-state index in [1.54, 1.807) is 3.69 Å². The van der Waals surface area contributed by atoms with Gasteiger partial charge in [0, 0.05) is 4.90 Å². The van der Waals surface area contributed by atoms with Gasteiger partial charge in [-0.3, -0.25) is 0 Å². The minimum atomic E-state index is 0. The summed E-state index contributed by atoms with van der Waals surface area (Å²) in [5, 5.41) is 0. The van der Waals surface area contributed by atoms with Crippen LogP contribution in [0.3, 0.4) is 0 Å². The molecule has 1 aromatic carbocycles. The minimum Gasteiger partial charge on any atom is -0.174 e. The number of hydrogen-bond acceptors (Lipinski definition) is 1. The van der Waals surface area contributed by atoms with Gasteiger partial charge < -0.3 is 0 Å². The maximum absolute atomic E-state index is 2.28. The Morgan fingerprint density at radius 3 is 2.25 bits per heavy atom. The number of rotatable bonds is 3. The summed E-state index contributed by atoms with van der Waals surface area (Å²) in [5.74, 6) is 0. The number of benzene rings is 1. The van der Waals surface area contributed by atoms with Crippen LogP contribution in [0.4, 0.5) is 0 Å². The van der Waals surface area contributed by atoms with Crippen LogP contribution in [0.1, 0.15) is 6.92 Å². The Labute approximate surface area is 99.0 Å². The fourth-order valence-corrected chi connectivity index (χ4v) is 2.64. The van der Waals surface area contributed by atoms with Crippen molar-refractivity contribution in [1.29, 1.82) is 0 Å². The summed E-state index contributed by atoms with van der Waals surface area (Å²) in [5.41, 5.74) is 0. The van der Waals surface area contributed by atoms with Crippen LogP contribution in [0, 0.1) is 0 Å². The molecule has 1 aromatic rings. The summed E-state index contributed by atoms with van der Waals surface area (Å²) in [6.45, 7) is 2.27. The molecule has 0 spiro atoms. The first kappa shape index (κ1) is 12.8. The Kier molecular flexibility index (Phi) is 7.73. The second kappa shape index (κ2) is 7.24. The monoisotopic (exact) mass is 256 g/mol. The molecule has 0 fully saturated rings. The Morgan fingerprint density at radius 2 is 1.83 bits per heavy atom. The largest absolute Gasteiger partial charge is 0.408 e. The molecule has 0 radical (unpaired) electrons. The van der Waals surface area contributed by atoms with Gasteiger partial charge in [-0.2, -0.15) is 3.69 Å². The van der Waals surface area contributed by atoms with Gasteiger partial charge >= 0.3 is 20.4 Å². The van der Waals surface area contributed by atoms with Crippen LogP contribution in [0.25, 0.3) is 0 Å². The van der Waals surface area contributed by atoms with E-state index in [2.05, 4.69) is 37.4 Å². The van der Waals surface area contributed by atoms with E-state index >= 15 is 0 Å². The zero-order chi connectivity index (χ0) is 8.10. The smallest absolute Gasteiger partial charge is 0.174 e. The van der Waals surface area contributed by atoms with Crippen molar-refractivity contribution < 1.29 is 0 Å². The Hall–Kier alpha value is 0.816. The number of hydrogen-bond donors (Lipinski definition) is 0. The van der Waals surface area contributed by atoms with Crippen LogP contribution in [0.15, 0.2) is 29.2 Å². The van der Waals surface area contributed by atoms with Crippen LogP contribution in [-0.2, 0) is 0 Å². The molecule has 0 saturated carbocycles. The predicted octanol–water partition coefficient (Wildman–Crippen LogP) is 2.75. The quantitative estimate of drug-likeness (QED) is 0.593. The van der Waals surface area contributed by atoms with Gasteiger partial charge in [0.2, 0.25) is 0 Å². The van der Waals surface area contributed by atoms with E-state index in [0.29, 0.717) is 0 Å². The Bertz CT molecular complexity index is 210. The second-order valence-electron chi connectivity index (χ2n) is 2.60. The molecule has 0 aromatic heterocycles. The van der Waals surface area contributed by atoms with Crippen molar-refractivity contribution in [3.8, 4) is 0 Å². The summed E-state index contributed by atoms with van der Waals surface area (Å²) in [7, 11) is 0. The molecule has 0 aliphatic rings. The fourth-order valence-electron chi connectivity index (χ4n) is 1.08. The van der Waals surface area contributed by atoms with Crippen molar-refractivity contribution in [2.45, 2.75) is 16.4 Å². The van der Waals surface area contributed by atoms with Crippen molar-refractivity contribution in [3.05, 3.63) is 24.3 Å². The van der Waals surface area contributed by atoms with E-state index in [1.807, 2.05) is 11.8 Å². The minimum absolute atomic E-state index is 0. The van der Waals surface area contributed by atoms with Gasteiger partial charge in [0.05, 0.1) is 0 Å². The summed E-state index contributed by atoms with van der Waals surface area (Å²) in [4.78, 5) is 1.37. The Morgan fingerprint density at radius 1 is 1.25 bits per heavy atom. The molecular formula is C9H13BrMgS. The maximum Gasteiger partial charge on any atom is 0.408 e. The highest BCUT2D eigenvalue weighted by Crippen LogP contribution is 2.11. The van der Waals surface area contributed by atoms with E-state index < -0.39 is 0 Å². The lowest BCUT2D eigenvalue weighted by molar-refractivity contribution is 1.45. The molecule has 0 atom stereocenters. The molecule has 0 aliphatic heterocycles. The van der Waals surface area contributed by atoms with Gasteiger partial charge in [-0.1, -0.05) is 31.2 Å². The zero-order valence-corrected chi connectivity index (χ0v) is 11.5. The van der Waals surface area contributed by atoms with Crippen LogP contribution < -0.4 is 3.69 Å². The molecule has 0 bridgehead atoms. The Balaban J connectivity index is 0.00000121. The highest BCUT2D eigenvalue weighted by molar-refractivity contribution is 8.93. The van der Waals surface area contributed by atoms with E-state index in [4.69, 9.17) is 0 Å². The summed E-state index contributed by atoms with van der Waals surface area (Å²) in [6, 6.07) is 9.01. The molecule has 0 N–H and O–H groups in total. The van der Waals surface area contributed by atoms with Crippen molar-refractivity contribution in [2.75, 3.05) is 6.26 Å². The predicted molar refractivity (Wildman–Crippen MR) is 64.4 cm³/mol. The molecule has 64 valence electrons. The summed E-state index contributed by atoms with van der Waals surface area (Å²) >= 11 is 1.88. The van der Waals surface area contributed by atoms with E-state index in [9.17, 15) is 0 Å². The number of halogens is 1. The first-order chi connectivity index (χ1) is 5.36. The van der Waals surface area contributed by atoms with Crippen molar-refractivity contribution >= 4 is 52.8 Å². The van der Waals surface area contributed by atoms with Gasteiger partial charge in [0.1, 0.15) is 0 Å². The third kappa shape index (κ3) is 4.17. The number of thioether (sulfide) groups is 1. The van der Waals surface area contributed by atoms with Gasteiger partial charge in [0.15, 0.2) is 0 Å². The normalized spacial score (nSPS) is 8.50. The SMILES string of the molecule is Br.C[CH2][Mg][c]1ccc(SC)cc1. The van der Waals surface area contributed by atoms with Crippen LogP contribution in [0.5, 0.6) is 0 Å². The molecule has 0 aliphatic carbocycles. The topological polar surface area (TPSA) is 0 Å². The van der Waals surface area contributed by atoms with Crippen molar-refractivity contribution in [3.63, 3.8) is 0 Å². The zero-order valence-electron chi connectivity index (χ0n) is 7.54. The highest BCUT2D eigenvalue weighted by Gasteiger charge is 1.95. The molecule has 0 nitrogen and oxygen atoms in total. The lowest BCUT2D eigenvalue weighted by Crippen LogP contribution is -2.11. The van der Waals surface area contributed by atoms with E-state index in [-0.39, 0.29) is 37.3 Å². The summed E-state index contributed by atoms with van der Waals surface area (Å²) in [6.07, 6.45) is 2.12. The lowest BCUT2D eigenvalue weighted by Gasteiger charge is -1.98. The van der Waals surface area contributed by atoms with Gasteiger partial charge in [0.25, 0.3) is 0 Å². The molecule has 12 heavy (non-hydrogen) atoms. The van der Waals surface area contributed by atoms with Gasteiger partial charge in [-0.15, -0.1) is 33.3 Å². The first-order valence-electron chi connectivity index (χ1n) is 3.99. The molecule has 0 saturated heterocycles. The first-order valence-corrected chi connectivity index (χ1v) is 6.93. The standard InChI is InChI=1S/C7H7S.C2H5.BrH.Mg/c1-8-7-5-3-2-4-6-7;1-2;;/h3-6H,1H3;1H2,2H3;1H;. The summed E-state index contributed by atoms with van der Waals surface area (Å²) < 4.78 is 2.96. The highest BCUT2D eigenvalue weighted by atomic mass is 79.9. The van der Waals surface area contributed by atoms with Crippen molar-refractivity contribution in [2.24, 2.45) is 0 Å². The second-order valence-corrected chi connectivity index (χ2v) is 5.79. The molecular weight excluding hydrogens is 244 g/mol. The fraction of sp³-hybridized carbons (Fsp3) is 0.333. The third-order valence-electron chi connectivity index (χ3n) is 1.70. The molecule has 0 heterocycles. The molecule has 1 rings (SSSR count). The average molecular weight is 257 g/mol. The average Bonchev–Trinajstić information content (AvgIpc) is 2.07. The molecule has 0 amide bonds. The maximum atomic E-state index is 2.28. The third-order valence-corrected chi connectivity index (χ3v) is 3.99. The van der Waals surface area contributed by atoms with Crippen molar-refractivity contribution in [1.82, 2.24) is 0 Å². The van der Waals surface area contributed by atoms with Crippen LogP contribution in [-0.4, -0.2) is 26.6 Å². The van der Waals surface area contributed by atoms with E-state index in [1.165, 1.54) is 9.45 Å². The van der Waals surface area contributed by atoms with E-state index in [0.717, 1.165) is 0 Å². The van der Waals surface area contributed by atoms with Crippen LogP contribution in [0.2, 0.25) is 4.55 Å². The van der Waals surface area contributed by atoms with Gasteiger partial charge in [-0.05, 0) is 6.26 Å². The molecule has 3 heteroatoms. The van der Waals surface area contributed by atoms with Crippen LogP contribution >= 0.6 is 28.7 Å².